The maximum absolute atomic E-state index is 5.66. The minimum atomic E-state index is 0.182. The standard InChI is InChI=1S/C14H15N5O3/c1-20-9-6-8(7-10(21-2)12(9)22-3)13-16-5-4-11-17-14(15)18-19(11)13/h4-7H,1-3H3,(H2,15,18). The third kappa shape index (κ3) is 2.14. The summed E-state index contributed by atoms with van der Waals surface area (Å²) in [7, 11) is 4.67. The summed E-state index contributed by atoms with van der Waals surface area (Å²) in [6.45, 7) is 0. The summed E-state index contributed by atoms with van der Waals surface area (Å²) in [4.78, 5) is 8.47. The van der Waals surface area contributed by atoms with Crippen LogP contribution in [0, 0.1) is 0 Å². The summed E-state index contributed by atoms with van der Waals surface area (Å²) >= 11 is 0. The van der Waals surface area contributed by atoms with Crippen molar-refractivity contribution in [2.45, 2.75) is 0 Å². The molecule has 0 spiro atoms. The molecule has 0 saturated carbocycles. The van der Waals surface area contributed by atoms with Crippen molar-refractivity contribution in [3.8, 4) is 28.6 Å². The Balaban J connectivity index is 2.26. The average molecular weight is 301 g/mol. The Morgan fingerprint density at radius 3 is 2.32 bits per heavy atom. The Kier molecular flexibility index (Phi) is 3.42. The number of hydrogen-bond donors (Lipinski definition) is 1. The largest absolute Gasteiger partial charge is 0.493 e. The monoisotopic (exact) mass is 301 g/mol. The normalized spacial score (nSPS) is 10.7. The van der Waals surface area contributed by atoms with E-state index in [4.69, 9.17) is 19.9 Å². The van der Waals surface area contributed by atoms with Crippen LogP contribution in [0.15, 0.2) is 24.4 Å². The first-order valence-electron chi connectivity index (χ1n) is 6.45. The summed E-state index contributed by atoms with van der Waals surface area (Å²) in [6.07, 6.45) is 1.64. The van der Waals surface area contributed by atoms with E-state index in [0.29, 0.717) is 28.7 Å². The molecule has 0 aliphatic carbocycles. The fraction of sp³-hybridized carbons (Fsp3) is 0.214. The van der Waals surface area contributed by atoms with Gasteiger partial charge < -0.3 is 19.9 Å². The first-order chi connectivity index (χ1) is 10.7. The van der Waals surface area contributed by atoms with Gasteiger partial charge in [0.15, 0.2) is 23.0 Å². The van der Waals surface area contributed by atoms with Crippen molar-refractivity contribution in [3.63, 3.8) is 0 Å². The third-order valence-electron chi connectivity index (χ3n) is 3.19. The molecule has 114 valence electrons. The van der Waals surface area contributed by atoms with Crippen LogP contribution in [0.4, 0.5) is 5.95 Å². The van der Waals surface area contributed by atoms with Crippen molar-refractivity contribution in [1.29, 1.82) is 0 Å². The molecule has 0 amide bonds. The lowest BCUT2D eigenvalue weighted by molar-refractivity contribution is 0.324. The molecule has 2 aromatic heterocycles. The summed E-state index contributed by atoms with van der Waals surface area (Å²) < 4.78 is 17.6. The molecule has 2 N–H and O–H groups in total. The second-order valence-electron chi connectivity index (χ2n) is 4.42. The second-order valence-corrected chi connectivity index (χ2v) is 4.42. The summed E-state index contributed by atoms with van der Waals surface area (Å²) in [5.41, 5.74) is 7.00. The molecular formula is C14H15N5O3. The Bertz CT molecular complexity index is 805. The Labute approximate surface area is 126 Å². The van der Waals surface area contributed by atoms with E-state index in [-0.39, 0.29) is 5.95 Å². The number of hydrogen-bond acceptors (Lipinski definition) is 7. The molecule has 0 aliphatic rings. The molecular weight excluding hydrogens is 286 g/mol. The topological polar surface area (TPSA) is 96.8 Å². The highest BCUT2D eigenvalue weighted by Crippen LogP contribution is 2.40. The van der Waals surface area contributed by atoms with E-state index in [1.807, 2.05) is 0 Å². The van der Waals surface area contributed by atoms with Crippen LogP contribution in [-0.4, -0.2) is 40.9 Å². The molecule has 0 fully saturated rings. The van der Waals surface area contributed by atoms with Crippen molar-refractivity contribution >= 4 is 11.6 Å². The van der Waals surface area contributed by atoms with Gasteiger partial charge in [-0.3, -0.25) is 0 Å². The van der Waals surface area contributed by atoms with Gasteiger partial charge in [0.1, 0.15) is 0 Å². The zero-order chi connectivity index (χ0) is 15.7. The highest BCUT2D eigenvalue weighted by atomic mass is 16.5. The van der Waals surface area contributed by atoms with Gasteiger partial charge in [0.2, 0.25) is 11.7 Å². The number of anilines is 1. The number of aromatic nitrogens is 4. The van der Waals surface area contributed by atoms with Crippen LogP contribution < -0.4 is 19.9 Å². The second kappa shape index (κ2) is 5.40. The number of nitrogens with two attached hydrogens (primary N) is 1. The predicted molar refractivity (Wildman–Crippen MR) is 80.3 cm³/mol. The Hall–Kier alpha value is -3.03. The summed E-state index contributed by atoms with van der Waals surface area (Å²) in [5, 5.41) is 4.15. The van der Waals surface area contributed by atoms with Crippen molar-refractivity contribution in [3.05, 3.63) is 24.4 Å². The van der Waals surface area contributed by atoms with Crippen LogP contribution >= 0.6 is 0 Å². The average Bonchev–Trinajstić information content (AvgIpc) is 2.93. The van der Waals surface area contributed by atoms with E-state index in [9.17, 15) is 0 Å². The van der Waals surface area contributed by atoms with Gasteiger partial charge in [-0.2, -0.15) is 9.50 Å². The van der Waals surface area contributed by atoms with E-state index in [2.05, 4.69) is 15.1 Å². The minimum absolute atomic E-state index is 0.182. The molecule has 2 heterocycles. The molecule has 0 radical (unpaired) electrons. The van der Waals surface area contributed by atoms with Crippen molar-refractivity contribution < 1.29 is 14.2 Å². The molecule has 22 heavy (non-hydrogen) atoms. The van der Waals surface area contributed by atoms with E-state index < -0.39 is 0 Å². The van der Waals surface area contributed by atoms with Crippen molar-refractivity contribution in [2.75, 3.05) is 27.1 Å². The number of fused-ring (bicyclic) bond motifs is 1. The van der Waals surface area contributed by atoms with Crippen LogP contribution in [0.3, 0.4) is 0 Å². The number of ether oxygens (including phenoxy) is 3. The van der Waals surface area contributed by atoms with E-state index in [1.165, 1.54) is 0 Å². The SMILES string of the molecule is COc1cc(-c2nccc3nc(N)nn23)cc(OC)c1OC. The number of nitrogen functional groups attached to an aromatic ring is 1. The number of nitrogens with zero attached hydrogens (tertiary/aromatic N) is 4. The molecule has 0 atom stereocenters. The van der Waals surface area contributed by atoms with Crippen LogP contribution in [-0.2, 0) is 0 Å². The minimum Gasteiger partial charge on any atom is -0.493 e. The maximum atomic E-state index is 5.66. The highest BCUT2D eigenvalue weighted by Gasteiger charge is 2.17. The summed E-state index contributed by atoms with van der Waals surface area (Å²) in [5.74, 6) is 2.33. The van der Waals surface area contributed by atoms with Crippen molar-refractivity contribution in [2.24, 2.45) is 0 Å². The van der Waals surface area contributed by atoms with Gasteiger partial charge in [-0.25, -0.2) is 4.98 Å². The van der Waals surface area contributed by atoms with Gasteiger partial charge in [-0.15, -0.1) is 5.10 Å². The third-order valence-corrected chi connectivity index (χ3v) is 3.19. The first-order valence-corrected chi connectivity index (χ1v) is 6.45. The fourth-order valence-corrected chi connectivity index (χ4v) is 2.24. The Morgan fingerprint density at radius 1 is 1.05 bits per heavy atom. The van der Waals surface area contributed by atoms with Crippen LogP contribution in [0.2, 0.25) is 0 Å². The van der Waals surface area contributed by atoms with E-state index in [0.717, 1.165) is 5.56 Å². The van der Waals surface area contributed by atoms with Crippen molar-refractivity contribution in [1.82, 2.24) is 19.6 Å². The van der Waals surface area contributed by atoms with Gasteiger partial charge in [0.05, 0.1) is 21.3 Å². The maximum Gasteiger partial charge on any atom is 0.240 e. The van der Waals surface area contributed by atoms with Crippen LogP contribution in [0.1, 0.15) is 0 Å². The van der Waals surface area contributed by atoms with Gasteiger partial charge >= 0.3 is 0 Å². The zero-order valence-corrected chi connectivity index (χ0v) is 12.4. The number of benzene rings is 1. The molecule has 0 unspecified atom stereocenters. The lowest BCUT2D eigenvalue weighted by Crippen LogP contribution is -2.00. The zero-order valence-electron chi connectivity index (χ0n) is 12.4. The fourth-order valence-electron chi connectivity index (χ4n) is 2.24. The van der Waals surface area contributed by atoms with Gasteiger partial charge in [0.25, 0.3) is 0 Å². The van der Waals surface area contributed by atoms with Crippen LogP contribution in [0.25, 0.3) is 17.0 Å². The molecule has 0 saturated heterocycles. The molecule has 3 aromatic rings. The Morgan fingerprint density at radius 2 is 1.73 bits per heavy atom. The molecule has 0 bridgehead atoms. The molecule has 1 aromatic carbocycles. The number of rotatable bonds is 4. The smallest absolute Gasteiger partial charge is 0.240 e. The molecule has 3 rings (SSSR count). The lowest BCUT2D eigenvalue weighted by Gasteiger charge is -2.14. The van der Waals surface area contributed by atoms with Gasteiger partial charge in [0, 0.05) is 17.8 Å². The van der Waals surface area contributed by atoms with E-state index in [1.54, 1.807) is 50.2 Å². The highest BCUT2D eigenvalue weighted by molar-refractivity contribution is 5.68. The predicted octanol–water partition coefficient (Wildman–Crippen LogP) is 1.40. The first kappa shape index (κ1) is 13.9. The molecule has 8 nitrogen and oxygen atoms in total. The van der Waals surface area contributed by atoms with E-state index >= 15 is 0 Å². The molecule has 8 heteroatoms. The quantitative estimate of drug-likeness (QED) is 0.777. The van der Waals surface area contributed by atoms with Gasteiger partial charge in [-0.1, -0.05) is 0 Å². The van der Waals surface area contributed by atoms with Crippen LogP contribution in [0.5, 0.6) is 17.2 Å². The number of methoxy groups -OCH3 is 3. The lowest BCUT2D eigenvalue weighted by atomic mass is 10.1. The van der Waals surface area contributed by atoms with Gasteiger partial charge in [-0.05, 0) is 12.1 Å². The molecule has 0 aliphatic heterocycles. The summed E-state index contributed by atoms with van der Waals surface area (Å²) in [6, 6.07) is 5.31.